The Kier molecular flexibility index (Phi) is 4.59. The van der Waals surface area contributed by atoms with Gasteiger partial charge in [-0.05, 0) is 38.1 Å². The van der Waals surface area contributed by atoms with Crippen molar-refractivity contribution in [2.45, 2.75) is 35.3 Å². The summed E-state index contributed by atoms with van der Waals surface area (Å²) in [5, 5.41) is 0. The van der Waals surface area contributed by atoms with Crippen molar-refractivity contribution in [3.05, 3.63) is 94.0 Å². The molecule has 0 aliphatic carbocycles. The van der Waals surface area contributed by atoms with Gasteiger partial charge in [-0.15, -0.1) is 0 Å². The van der Waals surface area contributed by atoms with E-state index in [0.717, 1.165) is 31.0 Å². The van der Waals surface area contributed by atoms with Crippen LogP contribution in [0.2, 0.25) is 0 Å². The highest BCUT2D eigenvalue weighted by atomic mass is 79.9. The number of hydrogen-bond donors (Lipinski definition) is 0. The van der Waals surface area contributed by atoms with Gasteiger partial charge >= 0.3 is 0 Å². The summed E-state index contributed by atoms with van der Waals surface area (Å²) in [5.41, 5.74) is 2.85. The van der Waals surface area contributed by atoms with Crippen molar-refractivity contribution < 1.29 is 8.95 Å². The van der Waals surface area contributed by atoms with E-state index >= 15 is 0 Å². The van der Waals surface area contributed by atoms with Gasteiger partial charge in [-0.1, -0.05) is 70.0 Å². The lowest BCUT2D eigenvalue weighted by molar-refractivity contribution is 0.312. The maximum atomic E-state index is 13.2. The Morgan fingerprint density at radius 1 is 0.962 bits per heavy atom. The van der Waals surface area contributed by atoms with Crippen LogP contribution in [0, 0.1) is 6.92 Å². The molecule has 0 saturated carbocycles. The smallest absolute Gasteiger partial charge is 0.123 e. The molecule has 0 bridgehead atoms. The first-order chi connectivity index (χ1) is 12.5. The molecular formula is C22H19BrO2S. The fraction of sp³-hybridized carbons (Fsp3) is 0.182. The van der Waals surface area contributed by atoms with Gasteiger partial charge in [-0.25, -0.2) is 4.21 Å². The number of halogens is 1. The highest BCUT2D eigenvalue weighted by Gasteiger charge is 2.56. The Bertz CT molecular complexity index is 983. The number of aryl methyl sites for hydroxylation is 1. The second kappa shape index (κ2) is 6.76. The number of ether oxygens (including phenoxy) is 1. The molecule has 4 rings (SSSR count). The van der Waals surface area contributed by atoms with Crippen LogP contribution >= 0.6 is 15.9 Å². The molecule has 0 amide bonds. The van der Waals surface area contributed by atoms with E-state index in [1.807, 2.05) is 73.7 Å². The normalized spacial score (nSPS) is 22.8. The van der Waals surface area contributed by atoms with Crippen LogP contribution in [0.1, 0.15) is 29.7 Å². The molecule has 1 heterocycles. The molecule has 0 N–H and O–H groups in total. The van der Waals surface area contributed by atoms with E-state index < -0.39 is 16.4 Å². The number of epoxide rings is 1. The summed E-state index contributed by atoms with van der Waals surface area (Å²) in [7, 11) is -1.23. The van der Waals surface area contributed by atoms with Gasteiger partial charge in [0.1, 0.15) is 11.7 Å². The number of hydrogen-bond acceptors (Lipinski definition) is 2. The summed E-state index contributed by atoms with van der Waals surface area (Å²) in [6.07, 6.45) is -0.105. The molecule has 3 atom stereocenters. The third-order valence-corrected chi connectivity index (χ3v) is 7.01. The van der Waals surface area contributed by atoms with Crippen molar-refractivity contribution in [2.75, 3.05) is 0 Å². The average Bonchev–Trinajstić information content (AvgIpc) is 3.34. The zero-order chi connectivity index (χ0) is 18.3. The molecule has 3 aromatic rings. The van der Waals surface area contributed by atoms with Crippen LogP contribution in [0.3, 0.4) is 0 Å². The SMILES string of the molecule is Cc1ccc(S(=O)c2ccccc2[C@@H]2O[C@@]2(C)c2ccccc2Br)cc1. The van der Waals surface area contributed by atoms with Crippen LogP contribution in [-0.2, 0) is 21.1 Å². The molecule has 3 aromatic carbocycles. The van der Waals surface area contributed by atoms with E-state index in [0.29, 0.717) is 0 Å². The molecule has 0 radical (unpaired) electrons. The fourth-order valence-corrected chi connectivity index (χ4v) is 5.20. The lowest BCUT2D eigenvalue weighted by atomic mass is 9.93. The van der Waals surface area contributed by atoms with Crippen LogP contribution in [0.25, 0.3) is 0 Å². The monoisotopic (exact) mass is 426 g/mol. The van der Waals surface area contributed by atoms with Crippen LogP contribution in [0.5, 0.6) is 0 Å². The first kappa shape index (κ1) is 17.7. The predicted molar refractivity (Wildman–Crippen MR) is 108 cm³/mol. The molecule has 2 nitrogen and oxygen atoms in total. The van der Waals surface area contributed by atoms with Gasteiger partial charge in [0.05, 0.1) is 10.8 Å². The fourth-order valence-electron chi connectivity index (χ4n) is 3.29. The third-order valence-electron chi connectivity index (χ3n) is 4.85. The van der Waals surface area contributed by atoms with E-state index in [9.17, 15) is 4.21 Å². The Hall–Kier alpha value is -1.75. The molecular weight excluding hydrogens is 408 g/mol. The Morgan fingerprint density at radius 3 is 2.35 bits per heavy atom. The van der Waals surface area contributed by atoms with Gasteiger partial charge in [0, 0.05) is 25.4 Å². The summed E-state index contributed by atoms with van der Waals surface area (Å²) < 4.78 is 20.3. The summed E-state index contributed by atoms with van der Waals surface area (Å²) in [5.74, 6) is 0. The molecule has 1 aliphatic heterocycles. The Labute approximate surface area is 164 Å². The number of rotatable bonds is 4. The van der Waals surface area contributed by atoms with Crippen molar-refractivity contribution in [1.82, 2.24) is 0 Å². The zero-order valence-corrected chi connectivity index (χ0v) is 17.0. The maximum Gasteiger partial charge on any atom is 0.123 e. The van der Waals surface area contributed by atoms with Crippen LogP contribution in [0.4, 0.5) is 0 Å². The molecule has 1 fully saturated rings. The topological polar surface area (TPSA) is 29.6 Å². The zero-order valence-electron chi connectivity index (χ0n) is 14.6. The Morgan fingerprint density at radius 2 is 1.62 bits per heavy atom. The molecule has 26 heavy (non-hydrogen) atoms. The molecule has 0 spiro atoms. The second-order valence-corrected chi connectivity index (χ2v) is 9.01. The van der Waals surface area contributed by atoms with Gasteiger partial charge in [-0.3, -0.25) is 0 Å². The largest absolute Gasteiger partial charge is 0.356 e. The minimum atomic E-state index is -1.23. The van der Waals surface area contributed by atoms with Gasteiger partial charge < -0.3 is 4.74 Å². The molecule has 4 heteroatoms. The summed E-state index contributed by atoms with van der Waals surface area (Å²) >= 11 is 3.62. The quantitative estimate of drug-likeness (QED) is 0.485. The standard InChI is InChI=1S/C22H19BrO2S/c1-15-11-13-16(14-12-15)26(24)20-10-6-3-7-17(20)21-22(2,25-21)18-8-4-5-9-19(18)23/h3-14,21H,1-2H3/t21-,22-,26?/m0/s1. The van der Waals surface area contributed by atoms with Crippen molar-refractivity contribution in [3.63, 3.8) is 0 Å². The number of benzene rings is 3. The summed E-state index contributed by atoms with van der Waals surface area (Å²) in [4.78, 5) is 1.63. The van der Waals surface area contributed by atoms with Crippen LogP contribution in [0.15, 0.2) is 87.1 Å². The lowest BCUT2D eigenvalue weighted by Gasteiger charge is -2.12. The molecule has 1 unspecified atom stereocenters. The van der Waals surface area contributed by atoms with Gasteiger partial charge in [0.2, 0.25) is 0 Å². The van der Waals surface area contributed by atoms with Crippen molar-refractivity contribution >= 4 is 26.7 Å². The van der Waals surface area contributed by atoms with E-state index in [-0.39, 0.29) is 6.10 Å². The second-order valence-electron chi connectivity index (χ2n) is 6.70. The van der Waals surface area contributed by atoms with E-state index in [1.165, 1.54) is 0 Å². The lowest BCUT2D eigenvalue weighted by Crippen LogP contribution is -2.07. The predicted octanol–water partition coefficient (Wildman–Crippen LogP) is 5.91. The highest BCUT2D eigenvalue weighted by molar-refractivity contribution is 9.10. The molecule has 132 valence electrons. The average molecular weight is 427 g/mol. The van der Waals surface area contributed by atoms with Crippen LogP contribution < -0.4 is 0 Å². The first-order valence-electron chi connectivity index (χ1n) is 8.51. The highest BCUT2D eigenvalue weighted by Crippen LogP contribution is 2.59. The Balaban J connectivity index is 1.71. The van der Waals surface area contributed by atoms with Crippen molar-refractivity contribution in [1.29, 1.82) is 0 Å². The minimum Gasteiger partial charge on any atom is -0.356 e. The summed E-state index contributed by atoms with van der Waals surface area (Å²) in [6, 6.07) is 23.8. The van der Waals surface area contributed by atoms with Crippen molar-refractivity contribution in [2.24, 2.45) is 0 Å². The van der Waals surface area contributed by atoms with Gasteiger partial charge in [-0.2, -0.15) is 0 Å². The van der Waals surface area contributed by atoms with Gasteiger partial charge in [0.15, 0.2) is 0 Å². The first-order valence-corrected chi connectivity index (χ1v) is 10.4. The molecule has 1 saturated heterocycles. The minimum absolute atomic E-state index is 0.105. The third kappa shape index (κ3) is 3.07. The van der Waals surface area contributed by atoms with E-state index in [2.05, 4.69) is 28.9 Å². The molecule has 0 aromatic heterocycles. The van der Waals surface area contributed by atoms with Crippen molar-refractivity contribution in [3.8, 4) is 0 Å². The van der Waals surface area contributed by atoms with Crippen LogP contribution in [-0.4, -0.2) is 4.21 Å². The summed E-state index contributed by atoms with van der Waals surface area (Å²) in [6.45, 7) is 4.12. The van der Waals surface area contributed by atoms with E-state index in [1.54, 1.807) is 0 Å². The van der Waals surface area contributed by atoms with E-state index in [4.69, 9.17) is 4.74 Å². The maximum absolute atomic E-state index is 13.2. The van der Waals surface area contributed by atoms with Gasteiger partial charge in [0.25, 0.3) is 0 Å². The molecule has 1 aliphatic rings.